The predicted molar refractivity (Wildman–Crippen MR) is 88.4 cm³/mol. The van der Waals surface area contributed by atoms with Gasteiger partial charge < -0.3 is 11.1 Å². The molecule has 3 N–H and O–H groups in total. The molecule has 0 saturated carbocycles. The third-order valence-electron chi connectivity index (χ3n) is 4.68. The maximum atomic E-state index is 14.0. The van der Waals surface area contributed by atoms with Crippen molar-refractivity contribution in [2.75, 3.05) is 0 Å². The highest BCUT2D eigenvalue weighted by molar-refractivity contribution is 5.84. The van der Waals surface area contributed by atoms with E-state index in [0.717, 1.165) is 17.2 Å². The van der Waals surface area contributed by atoms with Crippen molar-refractivity contribution in [1.29, 1.82) is 0 Å². The minimum Gasteiger partial charge on any atom is -0.351 e. The van der Waals surface area contributed by atoms with Gasteiger partial charge in [0.05, 0.1) is 18.0 Å². The van der Waals surface area contributed by atoms with Crippen molar-refractivity contribution in [2.45, 2.75) is 37.8 Å². The SMILES string of the molecule is CCC(C(=O)N[C@H]1Cc2ccccc2[C@@H]1N)c1ccc(F)cc1F. The van der Waals surface area contributed by atoms with E-state index in [0.29, 0.717) is 12.8 Å². The Labute approximate surface area is 139 Å². The van der Waals surface area contributed by atoms with Gasteiger partial charge in [-0.3, -0.25) is 4.79 Å². The number of hydrogen-bond acceptors (Lipinski definition) is 2. The van der Waals surface area contributed by atoms with E-state index in [1.807, 2.05) is 24.3 Å². The lowest BCUT2D eigenvalue weighted by Crippen LogP contribution is -2.43. The van der Waals surface area contributed by atoms with Crippen LogP contribution in [0.1, 0.15) is 42.0 Å². The number of halogens is 2. The Balaban J connectivity index is 1.76. The van der Waals surface area contributed by atoms with Crippen LogP contribution in [0, 0.1) is 11.6 Å². The second-order valence-electron chi connectivity index (χ2n) is 6.17. The molecular formula is C19H20F2N2O. The van der Waals surface area contributed by atoms with Crippen molar-refractivity contribution in [1.82, 2.24) is 5.32 Å². The molecule has 5 heteroatoms. The topological polar surface area (TPSA) is 55.1 Å². The molecule has 2 aromatic carbocycles. The van der Waals surface area contributed by atoms with Crippen LogP contribution in [0.4, 0.5) is 8.78 Å². The average molecular weight is 330 g/mol. The van der Waals surface area contributed by atoms with Crippen LogP contribution in [0.15, 0.2) is 42.5 Å². The summed E-state index contributed by atoms with van der Waals surface area (Å²) < 4.78 is 27.1. The summed E-state index contributed by atoms with van der Waals surface area (Å²) in [6, 6.07) is 10.6. The van der Waals surface area contributed by atoms with Crippen molar-refractivity contribution in [2.24, 2.45) is 5.73 Å². The first kappa shape index (κ1) is 16.6. The lowest BCUT2D eigenvalue weighted by molar-refractivity contribution is -0.123. The summed E-state index contributed by atoms with van der Waals surface area (Å²) in [6.45, 7) is 1.80. The zero-order valence-corrected chi connectivity index (χ0v) is 13.4. The molecule has 3 rings (SSSR count). The summed E-state index contributed by atoms with van der Waals surface area (Å²) in [7, 11) is 0. The Hall–Kier alpha value is -2.27. The first-order valence-electron chi connectivity index (χ1n) is 8.10. The third kappa shape index (κ3) is 3.04. The first-order chi connectivity index (χ1) is 11.5. The third-order valence-corrected chi connectivity index (χ3v) is 4.68. The van der Waals surface area contributed by atoms with Crippen LogP contribution in [0.5, 0.6) is 0 Å². The van der Waals surface area contributed by atoms with E-state index in [4.69, 9.17) is 5.73 Å². The number of nitrogens with two attached hydrogens (primary N) is 1. The van der Waals surface area contributed by atoms with Gasteiger partial charge in [-0.2, -0.15) is 0 Å². The molecule has 0 aromatic heterocycles. The zero-order chi connectivity index (χ0) is 17.3. The molecule has 1 unspecified atom stereocenters. The second kappa shape index (κ2) is 6.69. The molecule has 0 spiro atoms. The van der Waals surface area contributed by atoms with E-state index in [1.165, 1.54) is 12.1 Å². The zero-order valence-electron chi connectivity index (χ0n) is 13.4. The van der Waals surface area contributed by atoms with Gasteiger partial charge in [0.2, 0.25) is 5.91 Å². The molecule has 126 valence electrons. The molecular weight excluding hydrogens is 310 g/mol. The Morgan fingerprint density at radius 2 is 2.04 bits per heavy atom. The number of nitrogens with one attached hydrogen (secondary N) is 1. The number of benzene rings is 2. The van der Waals surface area contributed by atoms with Gasteiger partial charge in [0, 0.05) is 11.6 Å². The molecule has 3 atom stereocenters. The minimum absolute atomic E-state index is 0.209. The van der Waals surface area contributed by atoms with E-state index >= 15 is 0 Å². The molecule has 0 aliphatic heterocycles. The highest BCUT2D eigenvalue weighted by Gasteiger charge is 2.32. The van der Waals surface area contributed by atoms with Crippen LogP contribution in [0.25, 0.3) is 0 Å². The van der Waals surface area contributed by atoms with Gasteiger partial charge in [-0.15, -0.1) is 0 Å². The van der Waals surface area contributed by atoms with E-state index in [-0.39, 0.29) is 23.6 Å². The first-order valence-corrected chi connectivity index (χ1v) is 8.10. The average Bonchev–Trinajstić information content (AvgIpc) is 2.87. The van der Waals surface area contributed by atoms with Crippen molar-refractivity contribution in [3.63, 3.8) is 0 Å². The van der Waals surface area contributed by atoms with E-state index in [1.54, 1.807) is 6.92 Å². The number of rotatable bonds is 4. The van der Waals surface area contributed by atoms with E-state index in [2.05, 4.69) is 5.32 Å². The van der Waals surface area contributed by atoms with E-state index < -0.39 is 17.6 Å². The molecule has 0 fully saturated rings. The fourth-order valence-electron chi connectivity index (χ4n) is 3.38. The normalized spacial score (nSPS) is 20.5. The molecule has 2 aromatic rings. The summed E-state index contributed by atoms with van der Waals surface area (Å²) in [5, 5.41) is 2.94. The van der Waals surface area contributed by atoms with Crippen LogP contribution in [0.2, 0.25) is 0 Å². The quantitative estimate of drug-likeness (QED) is 0.904. The Morgan fingerprint density at radius 3 is 2.71 bits per heavy atom. The molecule has 3 nitrogen and oxygen atoms in total. The van der Waals surface area contributed by atoms with Crippen molar-refractivity contribution in [3.8, 4) is 0 Å². The van der Waals surface area contributed by atoms with Gasteiger partial charge in [0.15, 0.2) is 0 Å². The number of carbonyl (C=O) groups is 1. The van der Waals surface area contributed by atoms with Crippen molar-refractivity contribution >= 4 is 5.91 Å². The van der Waals surface area contributed by atoms with Crippen molar-refractivity contribution < 1.29 is 13.6 Å². The second-order valence-corrected chi connectivity index (χ2v) is 6.17. The maximum absolute atomic E-state index is 14.0. The number of carbonyl (C=O) groups excluding carboxylic acids is 1. The number of amides is 1. The molecule has 0 radical (unpaired) electrons. The van der Waals surface area contributed by atoms with Crippen LogP contribution in [0.3, 0.4) is 0 Å². The largest absolute Gasteiger partial charge is 0.351 e. The lowest BCUT2D eigenvalue weighted by Gasteiger charge is -2.22. The fourth-order valence-corrected chi connectivity index (χ4v) is 3.38. The maximum Gasteiger partial charge on any atom is 0.227 e. The number of fused-ring (bicyclic) bond motifs is 1. The van der Waals surface area contributed by atoms with Crippen molar-refractivity contribution in [3.05, 3.63) is 70.8 Å². The Kier molecular flexibility index (Phi) is 4.62. The summed E-state index contributed by atoms with van der Waals surface area (Å²) >= 11 is 0. The Bertz CT molecular complexity index is 763. The van der Waals surface area contributed by atoms with Crippen LogP contribution in [-0.2, 0) is 11.2 Å². The van der Waals surface area contributed by atoms with Gasteiger partial charge >= 0.3 is 0 Å². The molecule has 1 aliphatic rings. The standard InChI is InChI=1S/C19H20F2N2O/c1-2-13(15-8-7-12(20)10-16(15)21)19(24)23-17-9-11-5-3-4-6-14(11)18(17)22/h3-8,10,13,17-18H,2,9,22H2,1H3,(H,23,24)/t13?,17-,18-/m0/s1. The molecule has 1 amide bonds. The monoisotopic (exact) mass is 330 g/mol. The number of hydrogen-bond donors (Lipinski definition) is 2. The highest BCUT2D eigenvalue weighted by atomic mass is 19.1. The molecule has 24 heavy (non-hydrogen) atoms. The lowest BCUT2D eigenvalue weighted by atomic mass is 9.94. The van der Waals surface area contributed by atoms with Gasteiger partial charge in [-0.05, 0) is 30.0 Å². The molecule has 0 saturated heterocycles. The summed E-state index contributed by atoms with van der Waals surface area (Å²) in [4.78, 5) is 12.6. The predicted octanol–water partition coefficient (Wildman–Crippen LogP) is 3.20. The molecule has 1 aliphatic carbocycles. The van der Waals surface area contributed by atoms with E-state index in [9.17, 15) is 13.6 Å². The molecule has 0 heterocycles. The van der Waals surface area contributed by atoms with Gasteiger partial charge in [0.25, 0.3) is 0 Å². The van der Waals surface area contributed by atoms with Gasteiger partial charge in [-0.25, -0.2) is 8.78 Å². The van der Waals surface area contributed by atoms with Gasteiger partial charge in [-0.1, -0.05) is 37.3 Å². The van der Waals surface area contributed by atoms with Gasteiger partial charge in [0.1, 0.15) is 11.6 Å². The van der Waals surface area contributed by atoms with Crippen LogP contribution >= 0.6 is 0 Å². The smallest absolute Gasteiger partial charge is 0.227 e. The Morgan fingerprint density at radius 1 is 1.29 bits per heavy atom. The summed E-state index contributed by atoms with van der Waals surface area (Å²) in [6.07, 6.45) is 1.08. The fraction of sp³-hybridized carbons (Fsp3) is 0.316. The van der Waals surface area contributed by atoms with Crippen LogP contribution in [-0.4, -0.2) is 11.9 Å². The summed E-state index contributed by atoms with van der Waals surface area (Å²) in [5.74, 6) is -2.30. The highest BCUT2D eigenvalue weighted by Crippen LogP contribution is 2.30. The summed E-state index contributed by atoms with van der Waals surface area (Å²) in [5.41, 5.74) is 8.59. The minimum atomic E-state index is -0.698. The van der Waals surface area contributed by atoms with Crippen LogP contribution < -0.4 is 11.1 Å². The molecule has 0 bridgehead atoms.